The van der Waals surface area contributed by atoms with E-state index in [0.29, 0.717) is 42.8 Å². The summed E-state index contributed by atoms with van der Waals surface area (Å²) in [6, 6.07) is 27.3. The third kappa shape index (κ3) is 7.86. The molecule has 1 amide bonds. The third-order valence-electron chi connectivity index (χ3n) is 11.2. The van der Waals surface area contributed by atoms with Crippen molar-refractivity contribution in [3.63, 3.8) is 0 Å². The Morgan fingerprint density at radius 2 is 1.54 bits per heavy atom. The van der Waals surface area contributed by atoms with Gasteiger partial charge < -0.3 is 34.0 Å². The summed E-state index contributed by atoms with van der Waals surface area (Å²) in [7, 11) is -1.43. The number of benzene rings is 3. The predicted octanol–water partition coefficient (Wildman–Crippen LogP) is 5.81. The number of carbonyl (C=O) groups is 1. The first kappa shape index (κ1) is 40.6. The fraction of sp³-hybridized carbons (Fsp3) is 0.442. The molecule has 57 heavy (non-hydrogen) atoms. The van der Waals surface area contributed by atoms with Gasteiger partial charge in [0.25, 0.3) is 8.32 Å². The number of para-hydroxylation sites is 1. The Balaban J connectivity index is 1.24. The minimum Gasteiger partial charge on any atom is -0.405 e. The first-order valence-electron chi connectivity index (χ1n) is 19.5. The SMILES string of the molecule is COC1(O[C@@H]2[C@H](O)[C@@H](CO[Si](c3ccccc3)(c3ccccc3)C(C)(C)C)O[C@H]2n2cnc3c(NC(=O)C(C)(C)C)ncnc32)CCN(c2ccccc2F)CC1. The molecule has 302 valence electrons. The summed E-state index contributed by atoms with van der Waals surface area (Å²) >= 11 is 0. The van der Waals surface area contributed by atoms with Crippen molar-refractivity contribution in [1.82, 2.24) is 19.5 Å². The van der Waals surface area contributed by atoms with Crippen molar-refractivity contribution in [3.8, 4) is 0 Å². The lowest BCUT2D eigenvalue weighted by molar-refractivity contribution is -0.275. The Bertz CT molecular complexity index is 2110. The first-order valence-corrected chi connectivity index (χ1v) is 21.4. The predicted molar refractivity (Wildman–Crippen MR) is 219 cm³/mol. The van der Waals surface area contributed by atoms with E-state index in [-0.39, 0.29) is 29.2 Å². The number of methoxy groups -OCH3 is 1. The molecule has 2 aliphatic heterocycles. The van der Waals surface area contributed by atoms with Crippen molar-refractivity contribution in [2.75, 3.05) is 37.0 Å². The highest BCUT2D eigenvalue weighted by Crippen LogP contribution is 2.42. The molecule has 2 aliphatic rings. The quantitative estimate of drug-likeness (QED) is 0.125. The van der Waals surface area contributed by atoms with Crippen molar-refractivity contribution in [2.24, 2.45) is 5.41 Å². The van der Waals surface area contributed by atoms with Crippen LogP contribution in [-0.2, 0) is 23.4 Å². The molecule has 0 aliphatic carbocycles. The molecule has 0 spiro atoms. The number of aliphatic hydroxyl groups excluding tert-OH is 1. The number of rotatable bonds is 11. The Kier molecular flexibility index (Phi) is 11.4. The summed E-state index contributed by atoms with van der Waals surface area (Å²) in [5.74, 6) is -1.39. The van der Waals surface area contributed by atoms with Gasteiger partial charge in [-0.05, 0) is 27.5 Å². The van der Waals surface area contributed by atoms with E-state index in [4.69, 9.17) is 18.6 Å². The lowest BCUT2D eigenvalue weighted by Gasteiger charge is -2.44. The second-order valence-electron chi connectivity index (χ2n) is 16.9. The summed E-state index contributed by atoms with van der Waals surface area (Å²) < 4.78 is 43.6. The van der Waals surface area contributed by atoms with E-state index in [2.05, 4.69) is 65.3 Å². The maximum atomic E-state index is 14.8. The fourth-order valence-corrected chi connectivity index (χ4v) is 12.6. The minimum atomic E-state index is -3.02. The summed E-state index contributed by atoms with van der Waals surface area (Å²) in [5.41, 5.74) is 0.586. The number of imidazole rings is 1. The van der Waals surface area contributed by atoms with Crippen LogP contribution in [-0.4, -0.2) is 89.8 Å². The summed E-state index contributed by atoms with van der Waals surface area (Å²) in [5, 5.41) is 17.1. The van der Waals surface area contributed by atoms with Gasteiger partial charge >= 0.3 is 0 Å². The van der Waals surface area contributed by atoms with E-state index < -0.39 is 44.1 Å². The third-order valence-corrected chi connectivity index (χ3v) is 16.2. The Morgan fingerprint density at radius 1 is 0.930 bits per heavy atom. The highest BCUT2D eigenvalue weighted by molar-refractivity contribution is 6.99. The van der Waals surface area contributed by atoms with Crippen molar-refractivity contribution < 1.29 is 32.9 Å². The largest absolute Gasteiger partial charge is 0.405 e. The number of piperidine rings is 1. The summed E-state index contributed by atoms with van der Waals surface area (Å²) in [6.45, 7) is 13.0. The molecule has 0 saturated carbocycles. The number of nitrogens with one attached hydrogen (secondary N) is 1. The first-order chi connectivity index (χ1) is 27.2. The lowest BCUT2D eigenvalue weighted by Crippen LogP contribution is -2.67. The molecule has 2 aromatic heterocycles. The number of halogens is 1. The zero-order valence-electron chi connectivity index (χ0n) is 33.7. The maximum absolute atomic E-state index is 14.8. The van der Waals surface area contributed by atoms with Gasteiger partial charge in [0, 0.05) is 38.5 Å². The summed E-state index contributed by atoms with van der Waals surface area (Å²) in [4.78, 5) is 28.5. The number of nitrogens with zero attached hydrogens (tertiary/aromatic N) is 5. The van der Waals surface area contributed by atoms with Crippen molar-refractivity contribution in [1.29, 1.82) is 0 Å². The molecule has 2 fully saturated rings. The lowest BCUT2D eigenvalue weighted by atomic mass is 9.96. The van der Waals surface area contributed by atoms with Crippen LogP contribution in [0.25, 0.3) is 11.2 Å². The van der Waals surface area contributed by atoms with E-state index in [1.165, 1.54) is 12.4 Å². The highest BCUT2D eigenvalue weighted by atomic mass is 28.4. The molecule has 7 rings (SSSR count). The van der Waals surface area contributed by atoms with Crippen LogP contribution in [0, 0.1) is 11.2 Å². The monoisotopic (exact) mass is 796 g/mol. The summed E-state index contributed by atoms with van der Waals surface area (Å²) in [6.07, 6.45) is -0.213. The van der Waals surface area contributed by atoms with E-state index >= 15 is 0 Å². The standard InChI is InChI=1S/C43H53FN6O6Si/c1-41(2,3)40(52)48-37-34-38(46-27-45-37)50(28-47-34)39-36(56-43(53-7)22-24-49(25-23-43)32-21-15-14-20-31(32)44)35(51)33(55-39)26-54-57(42(4,5)6,29-16-10-8-11-17-29)30-18-12-9-13-19-30/h8-21,27-28,33,35-36,39,51H,22-26H2,1-7H3,(H,45,46,48,52)/t33-,35-,36-,39-/m1/s1. The van der Waals surface area contributed by atoms with Gasteiger partial charge in [0.15, 0.2) is 29.0 Å². The average molecular weight is 797 g/mol. The molecule has 12 nitrogen and oxygen atoms in total. The second-order valence-corrected chi connectivity index (χ2v) is 21.2. The molecule has 0 bridgehead atoms. The van der Waals surface area contributed by atoms with Crippen LogP contribution < -0.4 is 20.6 Å². The Labute approximate surface area is 334 Å². The molecule has 2 saturated heterocycles. The van der Waals surface area contributed by atoms with Crippen molar-refractivity contribution >= 4 is 47.3 Å². The Hall–Kier alpha value is -4.57. The number of anilines is 2. The van der Waals surface area contributed by atoms with Gasteiger partial charge in [0.2, 0.25) is 5.91 Å². The number of hydrogen-bond acceptors (Lipinski definition) is 10. The molecule has 0 unspecified atom stereocenters. The zero-order valence-corrected chi connectivity index (χ0v) is 34.7. The average Bonchev–Trinajstić information content (AvgIpc) is 3.76. The minimum absolute atomic E-state index is 0.0559. The fourth-order valence-electron chi connectivity index (χ4n) is 8.01. The van der Waals surface area contributed by atoms with Gasteiger partial charge in [-0.1, -0.05) is 114 Å². The molecule has 2 N–H and O–H groups in total. The molecule has 14 heteroatoms. The molecule has 0 radical (unpaired) electrons. The van der Waals surface area contributed by atoms with Crippen molar-refractivity contribution in [2.45, 2.75) is 89.7 Å². The number of ether oxygens (including phenoxy) is 3. The van der Waals surface area contributed by atoms with Crippen LogP contribution in [0.5, 0.6) is 0 Å². The molecule has 4 heterocycles. The molecule has 3 aromatic carbocycles. The van der Waals surface area contributed by atoms with Gasteiger partial charge in [0.05, 0.1) is 18.6 Å². The van der Waals surface area contributed by atoms with E-state index in [0.717, 1.165) is 10.4 Å². The van der Waals surface area contributed by atoms with Gasteiger partial charge in [0.1, 0.15) is 30.5 Å². The van der Waals surface area contributed by atoms with Gasteiger partial charge in [-0.2, -0.15) is 0 Å². The zero-order chi connectivity index (χ0) is 40.6. The number of hydrogen-bond donors (Lipinski definition) is 2. The molecular formula is C43H53FN6O6Si. The number of fused-ring (bicyclic) bond motifs is 1. The topological polar surface area (TPSA) is 133 Å². The highest BCUT2D eigenvalue weighted by Gasteiger charge is 2.54. The second kappa shape index (κ2) is 16.0. The van der Waals surface area contributed by atoms with Gasteiger partial charge in [-0.15, -0.1) is 0 Å². The number of carbonyl (C=O) groups excluding carboxylic acids is 1. The number of amides is 1. The van der Waals surface area contributed by atoms with Gasteiger partial charge in [-0.25, -0.2) is 19.3 Å². The van der Waals surface area contributed by atoms with Crippen LogP contribution in [0.1, 0.15) is 60.6 Å². The molecule has 4 atom stereocenters. The van der Waals surface area contributed by atoms with E-state index in [1.54, 1.807) is 30.1 Å². The Morgan fingerprint density at radius 3 is 2.12 bits per heavy atom. The van der Waals surface area contributed by atoms with Crippen molar-refractivity contribution in [3.05, 3.63) is 103 Å². The number of aliphatic hydroxyl groups is 1. The van der Waals surface area contributed by atoms with Gasteiger partial charge in [-0.3, -0.25) is 9.36 Å². The van der Waals surface area contributed by atoms with Crippen LogP contribution in [0.4, 0.5) is 15.9 Å². The van der Waals surface area contributed by atoms with E-state index in [1.807, 2.05) is 68.1 Å². The normalized spacial score (nSPS) is 21.5. The van der Waals surface area contributed by atoms with Crippen LogP contribution >= 0.6 is 0 Å². The molecular weight excluding hydrogens is 744 g/mol. The smallest absolute Gasteiger partial charge is 0.261 e. The van der Waals surface area contributed by atoms with Crippen LogP contribution in [0.15, 0.2) is 97.6 Å². The maximum Gasteiger partial charge on any atom is 0.261 e. The molecule has 5 aromatic rings. The number of aromatic nitrogens is 4. The van der Waals surface area contributed by atoms with E-state index in [9.17, 15) is 14.3 Å². The van der Waals surface area contributed by atoms with Crippen LogP contribution in [0.2, 0.25) is 5.04 Å². The van der Waals surface area contributed by atoms with Crippen LogP contribution in [0.3, 0.4) is 0 Å².